The monoisotopic (exact) mass is 316 g/mol. The van der Waals surface area contributed by atoms with Gasteiger partial charge in [-0.05, 0) is 47.4 Å². The van der Waals surface area contributed by atoms with Crippen LogP contribution in [0.3, 0.4) is 0 Å². The van der Waals surface area contributed by atoms with Crippen molar-refractivity contribution in [3.8, 4) is 0 Å². The Morgan fingerprint density at radius 2 is 1.84 bits per heavy atom. The van der Waals surface area contributed by atoms with Crippen LogP contribution in [0.15, 0.2) is 46.9 Å². The molecule has 0 aliphatic carbocycles. The van der Waals surface area contributed by atoms with Gasteiger partial charge in [-0.25, -0.2) is 0 Å². The molecule has 1 heterocycles. The van der Waals surface area contributed by atoms with Gasteiger partial charge >= 0.3 is 0 Å². The third-order valence-electron chi connectivity index (χ3n) is 3.64. The summed E-state index contributed by atoms with van der Waals surface area (Å²) in [6.07, 6.45) is 1.12. The Hall–Kier alpha value is -1.32. The van der Waals surface area contributed by atoms with Crippen molar-refractivity contribution < 1.29 is 0 Å². The molecule has 2 aromatic carbocycles. The van der Waals surface area contributed by atoms with E-state index in [0.717, 1.165) is 36.2 Å². The number of halogens is 1. The molecule has 0 saturated carbocycles. The Kier molecular flexibility index (Phi) is 3.58. The maximum Gasteiger partial charge on any atom is 0.0317 e. The molecule has 1 aliphatic heterocycles. The van der Waals surface area contributed by atoms with Crippen molar-refractivity contribution in [2.45, 2.75) is 19.5 Å². The zero-order valence-electron chi connectivity index (χ0n) is 10.8. The minimum atomic E-state index is 0.865. The lowest BCUT2D eigenvalue weighted by Gasteiger charge is -2.29. The SMILES string of the molecule is Nc1ccc2c(c1)CN(Cc1ccc(Br)cc1)CC2. The van der Waals surface area contributed by atoms with E-state index in [0.29, 0.717) is 0 Å². The van der Waals surface area contributed by atoms with E-state index in [1.54, 1.807) is 0 Å². The van der Waals surface area contributed by atoms with Crippen molar-refractivity contribution >= 4 is 21.6 Å². The van der Waals surface area contributed by atoms with Gasteiger partial charge in [-0.15, -0.1) is 0 Å². The molecule has 0 radical (unpaired) electrons. The quantitative estimate of drug-likeness (QED) is 0.858. The molecule has 0 unspecified atom stereocenters. The van der Waals surface area contributed by atoms with Crippen LogP contribution in [-0.2, 0) is 19.5 Å². The highest BCUT2D eigenvalue weighted by atomic mass is 79.9. The minimum Gasteiger partial charge on any atom is -0.399 e. The molecular formula is C16H17BrN2. The fraction of sp³-hybridized carbons (Fsp3) is 0.250. The van der Waals surface area contributed by atoms with Gasteiger partial charge in [0.25, 0.3) is 0 Å². The van der Waals surface area contributed by atoms with Gasteiger partial charge in [0.1, 0.15) is 0 Å². The van der Waals surface area contributed by atoms with Crippen molar-refractivity contribution in [3.63, 3.8) is 0 Å². The number of nitrogens with zero attached hydrogens (tertiary/aromatic N) is 1. The van der Waals surface area contributed by atoms with Gasteiger partial charge in [0, 0.05) is 29.8 Å². The van der Waals surface area contributed by atoms with E-state index in [2.05, 4.69) is 57.2 Å². The Balaban J connectivity index is 1.73. The average Bonchev–Trinajstić information content (AvgIpc) is 2.41. The second kappa shape index (κ2) is 5.35. The Morgan fingerprint density at radius 3 is 2.63 bits per heavy atom. The van der Waals surface area contributed by atoms with Gasteiger partial charge in [-0.2, -0.15) is 0 Å². The van der Waals surface area contributed by atoms with Gasteiger partial charge in [0.15, 0.2) is 0 Å². The molecule has 19 heavy (non-hydrogen) atoms. The highest BCUT2D eigenvalue weighted by Gasteiger charge is 2.16. The summed E-state index contributed by atoms with van der Waals surface area (Å²) in [6.45, 7) is 3.12. The van der Waals surface area contributed by atoms with Gasteiger partial charge in [0.2, 0.25) is 0 Å². The summed E-state index contributed by atoms with van der Waals surface area (Å²) in [5.41, 5.74) is 10.9. The molecule has 2 N–H and O–H groups in total. The molecule has 3 heteroatoms. The first-order valence-electron chi connectivity index (χ1n) is 6.55. The predicted molar refractivity (Wildman–Crippen MR) is 82.8 cm³/mol. The number of rotatable bonds is 2. The van der Waals surface area contributed by atoms with Crippen molar-refractivity contribution in [1.29, 1.82) is 0 Å². The van der Waals surface area contributed by atoms with E-state index < -0.39 is 0 Å². The largest absolute Gasteiger partial charge is 0.399 e. The van der Waals surface area contributed by atoms with E-state index in [9.17, 15) is 0 Å². The number of benzene rings is 2. The molecular weight excluding hydrogens is 300 g/mol. The van der Waals surface area contributed by atoms with Crippen molar-refractivity contribution in [2.75, 3.05) is 12.3 Å². The molecule has 0 fully saturated rings. The number of hydrogen-bond donors (Lipinski definition) is 1. The topological polar surface area (TPSA) is 29.3 Å². The normalized spacial score (nSPS) is 15.2. The lowest BCUT2D eigenvalue weighted by Crippen LogP contribution is -2.30. The van der Waals surface area contributed by atoms with E-state index in [4.69, 9.17) is 5.73 Å². The van der Waals surface area contributed by atoms with Gasteiger partial charge in [0.05, 0.1) is 0 Å². The Labute approximate surface area is 122 Å². The van der Waals surface area contributed by atoms with Crippen molar-refractivity contribution in [3.05, 3.63) is 63.6 Å². The standard InChI is InChI=1S/C16H17BrN2/c17-15-4-1-12(2-5-15)10-19-8-7-13-3-6-16(18)9-14(13)11-19/h1-6,9H,7-8,10-11,18H2. The number of anilines is 1. The van der Waals surface area contributed by atoms with Gasteiger partial charge < -0.3 is 5.73 Å². The zero-order chi connectivity index (χ0) is 13.2. The molecule has 0 atom stereocenters. The summed E-state index contributed by atoms with van der Waals surface area (Å²) in [5, 5.41) is 0. The smallest absolute Gasteiger partial charge is 0.0317 e. The Bertz CT molecular complexity index is 578. The fourth-order valence-electron chi connectivity index (χ4n) is 2.62. The summed E-state index contributed by atoms with van der Waals surface area (Å²) >= 11 is 3.47. The highest BCUT2D eigenvalue weighted by Crippen LogP contribution is 2.23. The molecule has 3 rings (SSSR count). The maximum atomic E-state index is 5.87. The van der Waals surface area contributed by atoms with Crippen LogP contribution >= 0.6 is 15.9 Å². The average molecular weight is 317 g/mol. The summed E-state index contributed by atoms with van der Waals surface area (Å²) < 4.78 is 1.13. The van der Waals surface area contributed by atoms with Crippen molar-refractivity contribution in [2.24, 2.45) is 0 Å². The van der Waals surface area contributed by atoms with E-state index in [-0.39, 0.29) is 0 Å². The molecule has 98 valence electrons. The van der Waals surface area contributed by atoms with E-state index in [1.807, 2.05) is 6.07 Å². The summed E-state index contributed by atoms with van der Waals surface area (Å²) in [5.74, 6) is 0. The van der Waals surface area contributed by atoms with E-state index in [1.165, 1.54) is 16.7 Å². The summed E-state index contributed by atoms with van der Waals surface area (Å²) in [7, 11) is 0. The van der Waals surface area contributed by atoms with Crippen molar-refractivity contribution in [1.82, 2.24) is 4.90 Å². The third kappa shape index (κ3) is 2.99. The minimum absolute atomic E-state index is 0.865. The molecule has 1 aliphatic rings. The summed E-state index contributed by atoms with van der Waals surface area (Å²) in [6, 6.07) is 14.8. The number of nitrogens with two attached hydrogens (primary N) is 1. The second-order valence-electron chi connectivity index (χ2n) is 5.12. The lowest BCUT2D eigenvalue weighted by molar-refractivity contribution is 0.245. The highest BCUT2D eigenvalue weighted by molar-refractivity contribution is 9.10. The molecule has 2 nitrogen and oxygen atoms in total. The van der Waals surface area contributed by atoms with Crippen LogP contribution in [-0.4, -0.2) is 11.4 Å². The zero-order valence-corrected chi connectivity index (χ0v) is 12.4. The van der Waals surface area contributed by atoms with Crippen LogP contribution in [0.1, 0.15) is 16.7 Å². The maximum absolute atomic E-state index is 5.87. The molecule has 0 amide bonds. The summed E-state index contributed by atoms with van der Waals surface area (Å²) in [4.78, 5) is 2.48. The van der Waals surface area contributed by atoms with Gasteiger partial charge in [-0.1, -0.05) is 34.1 Å². The predicted octanol–water partition coefficient (Wildman–Crippen LogP) is 3.59. The molecule has 0 bridgehead atoms. The second-order valence-corrected chi connectivity index (χ2v) is 6.03. The van der Waals surface area contributed by atoms with Crippen LogP contribution < -0.4 is 5.73 Å². The Morgan fingerprint density at radius 1 is 1.05 bits per heavy atom. The first-order chi connectivity index (χ1) is 9.20. The van der Waals surface area contributed by atoms with Crippen LogP contribution in [0.5, 0.6) is 0 Å². The number of fused-ring (bicyclic) bond motifs is 1. The third-order valence-corrected chi connectivity index (χ3v) is 4.17. The molecule has 0 aromatic heterocycles. The van der Waals surface area contributed by atoms with Gasteiger partial charge in [-0.3, -0.25) is 4.90 Å². The lowest BCUT2D eigenvalue weighted by atomic mass is 9.99. The first kappa shape index (κ1) is 12.7. The number of nitrogen functional groups attached to an aromatic ring is 1. The van der Waals surface area contributed by atoms with Crippen LogP contribution in [0.2, 0.25) is 0 Å². The van der Waals surface area contributed by atoms with E-state index >= 15 is 0 Å². The number of hydrogen-bond acceptors (Lipinski definition) is 2. The fourth-order valence-corrected chi connectivity index (χ4v) is 2.88. The van der Waals surface area contributed by atoms with Crippen LogP contribution in [0.4, 0.5) is 5.69 Å². The molecule has 2 aromatic rings. The molecule has 0 saturated heterocycles. The van der Waals surface area contributed by atoms with Crippen LogP contribution in [0, 0.1) is 0 Å². The van der Waals surface area contributed by atoms with Crippen LogP contribution in [0.25, 0.3) is 0 Å². The molecule has 0 spiro atoms. The first-order valence-corrected chi connectivity index (χ1v) is 7.34.